The molecule has 4 aromatic rings. The van der Waals surface area contributed by atoms with Gasteiger partial charge in [0.2, 0.25) is 18.1 Å². The van der Waals surface area contributed by atoms with E-state index in [2.05, 4.69) is 30.6 Å². The minimum Gasteiger partial charge on any atom is -0.353 e. The number of halogens is 1. The fourth-order valence-corrected chi connectivity index (χ4v) is 4.11. The Morgan fingerprint density at radius 2 is 1.90 bits per heavy atom. The SMILES string of the molecule is CC(C)NC(=O)C1(C)COC(c2nc(-c3ccc(F)cc3)c(-c3ccnc(NCc4cccnc4)n3)[nH]2)OC1. The van der Waals surface area contributed by atoms with Crippen molar-refractivity contribution in [1.29, 1.82) is 0 Å². The minimum atomic E-state index is -0.822. The van der Waals surface area contributed by atoms with Gasteiger partial charge in [0.15, 0.2) is 5.82 Å². The van der Waals surface area contributed by atoms with Gasteiger partial charge in [0.1, 0.15) is 5.82 Å². The Morgan fingerprint density at radius 3 is 2.59 bits per heavy atom. The highest BCUT2D eigenvalue weighted by Crippen LogP contribution is 2.35. The zero-order valence-electron chi connectivity index (χ0n) is 21.9. The molecule has 11 heteroatoms. The molecule has 1 fully saturated rings. The Kier molecular flexibility index (Phi) is 7.62. The van der Waals surface area contributed by atoms with Gasteiger partial charge in [-0.3, -0.25) is 9.78 Å². The molecule has 0 radical (unpaired) electrons. The zero-order valence-corrected chi connectivity index (χ0v) is 21.9. The second kappa shape index (κ2) is 11.3. The standard InChI is InChI=1S/C28H30FN7O3/c1-17(2)33-26(37)28(3)15-38-25(39-16-28)24-35-22(19-6-8-20(29)9-7-19)23(36-24)21-10-12-31-27(34-21)32-14-18-5-4-11-30-13-18/h4-13,17,25H,14-16H2,1-3H3,(H,33,37)(H,35,36)(H,31,32,34). The van der Waals surface area contributed by atoms with Crippen LogP contribution >= 0.6 is 0 Å². The molecule has 1 aliphatic heterocycles. The molecule has 5 rings (SSSR count). The highest BCUT2D eigenvalue weighted by atomic mass is 19.1. The molecule has 0 bridgehead atoms. The number of carbonyl (C=O) groups excluding carboxylic acids is 1. The summed E-state index contributed by atoms with van der Waals surface area (Å²) in [5.74, 6) is 0.363. The third-order valence-corrected chi connectivity index (χ3v) is 6.22. The van der Waals surface area contributed by atoms with Crippen molar-refractivity contribution in [3.05, 3.63) is 78.3 Å². The highest BCUT2D eigenvalue weighted by Gasteiger charge is 2.41. The monoisotopic (exact) mass is 531 g/mol. The van der Waals surface area contributed by atoms with Gasteiger partial charge >= 0.3 is 0 Å². The number of H-pyrrole nitrogens is 1. The van der Waals surface area contributed by atoms with Crippen LogP contribution in [0.3, 0.4) is 0 Å². The van der Waals surface area contributed by atoms with E-state index in [1.807, 2.05) is 26.0 Å². The van der Waals surface area contributed by atoms with Crippen molar-refractivity contribution in [2.24, 2.45) is 5.41 Å². The minimum absolute atomic E-state index is 0.00884. The molecule has 1 aliphatic rings. The summed E-state index contributed by atoms with van der Waals surface area (Å²) in [4.78, 5) is 33.8. The quantitative estimate of drug-likeness (QED) is 0.308. The second-order valence-electron chi connectivity index (χ2n) is 9.98. The molecule has 0 spiro atoms. The Morgan fingerprint density at radius 1 is 1.13 bits per heavy atom. The number of pyridine rings is 1. The maximum Gasteiger partial charge on any atom is 0.230 e. The first kappa shape index (κ1) is 26.4. The summed E-state index contributed by atoms with van der Waals surface area (Å²) in [5.41, 5.74) is 2.59. The van der Waals surface area contributed by atoms with Gasteiger partial charge in [-0.1, -0.05) is 6.07 Å². The normalized spacial score (nSPS) is 19.2. The lowest BCUT2D eigenvalue weighted by atomic mass is 9.90. The van der Waals surface area contributed by atoms with Crippen molar-refractivity contribution < 1.29 is 18.7 Å². The number of aromatic nitrogens is 5. The molecular weight excluding hydrogens is 501 g/mol. The summed E-state index contributed by atoms with van der Waals surface area (Å²) in [6.45, 7) is 6.44. The number of nitrogens with one attached hydrogen (secondary N) is 3. The molecule has 0 atom stereocenters. The molecule has 202 valence electrons. The largest absolute Gasteiger partial charge is 0.353 e. The number of nitrogens with zero attached hydrogens (tertiary/aromatic N) is 4. The maximum absolute atomic E-state index is 13.7. The third-order valence-electron chi connectivity index (χ3n) is 6.22. The Hall–Kier alpha value is -4.22. The highest BCUT2D eigenvalue weighted by molar-refractivity contribution is 5.83. The van der Waals surface area contributed by atoms with Crippen LogP contribution < -0.4 is 10.6 Å². The second-order valence-corrected chi connectivity index (χ2v) is 9.98. The molecule has 39 heavy (non-hydrogen) atoms. The lowest BCUT2D eigenvalue weighted by molar-refractivity contribution is -0.231. The van der Waals surface area contributed by atoms with Gasteiger partial charge in [-0.2, -0.15) is 0 Å². The Bertz CT molecular complexity index is 1420. The van der Waals surface area contributed by atoms with Crippen molar-refractivity contribution >= 4 is 11.9 Å². The van der Waals surface area contributed by atoms with E-state index in [1.54, 1.807) is 43.7 Å². The van der Waals surface area contributed by atoms with Crippen LogP contribution in [0.15, 0.2) is 61.1 Å². The van der Waals surface area contributed by atoms with Crippen molar-refractivity contribution in [2.45, 2.75) is 39.6 Å². The van der Waals surface area contributed by atoms with Crippen LogP contribution in [0, 0.1) is 11.2 Å². The van der Waals surface area contributed by atoms with E-state index < -0.39 is 11.7 Å². The number of ether oxygens (including phenoxy) is 2. The van der Waals surface area contributed by atoms with E-state index in [0.717, 1.165) is 5.56 Å². The molecule has 1 saturated heterocycles. The number of rotatable bonds is 8. The van der Waals surface area contributed by atoms with E-state index in [0.29, 0.717) is 41.0 Å². The Balaban J connectivity index is 1.41. The zero-order chi connectivity index (χ0) is 27.4. The summed E-state index contributed by atoms with van der Waals surface area (Å²) in [6.07, 6.45) is 4.32. The lowest BCUT2D eigenvalue weighted by Gasteiger charge is -2.35. The number of imidazole rings is 1. The van der Waals surface area contributed by atoms with Crippen LogP contribution in [0.1, 0.15) is 38.4 Å². The van der Waals surface area contributed by atoms with E-state index in [-0.39, 0.29) is 31.0 Å². The molecule has 1 amide bonds. The smallest absolute Gasteiger partial charge is 0.230 e. The van der Waals surface area contributed by atoms with Gasteiger partial charge < -0.3 is 25.1 Å². The molecule has 1 aromatic carbocycles. The van der Waals surface area contributed by atoms with Crippen LogP contribution in [0.25, 0.3) is 22.6 Å². The molecule has 0 saturated carbocycles. The maximum atomic E-state index is 13.7. The van der Waals surface area contributed by atoms with Crippen LogP contribution in [0.2, 0.25) is 0 Å². The van der Waals surface area contributed by atoms with Crippen molar-refractivity contribution in [3.8, 4) is 22.6 Å². The lowest BCUT2D eigenvalue weighted by Crippen LogP contribution is -2.50. The molecule has 0 aliphatic carbocycles. The number of anilines is 1. The summed E-state index contributed by atoms with van der Waals surface area (Å²) in [7, 11) is 0. The van der Waals surface area contributed by atoms with Crippen LogP contribution in [-0.4, -0.2) is 50.1 Å². The molecule has 3 aromatic heterocycles. The van der Waals surface area contributed by atoms with E-state index in [1.165, 1.54) is 12.1 Å². The fourth-order valence-electron chi connectivity index (χ4n) is 4.11. The van der Waals surface area contributed by atoms with Crippen molar-refractivity contribution in [2.75, 3.05) is 18.5 Å². The number of carbonyl (C=O) groups is 1. The topological polar surface area (TPSA) is 127 Å². The Labute approximate surface area is 225 Å². The third kappa shape index (κ3) is 6.10. The van der Waals surface area contributed by atoms with Crippen LogP contribution in [0.5, 0.6) is 0 Å². The van der Waals surface area contributed by atoms with Crippen molar-refractivity contribution in [1.82, 2.24) is 30.2 Å². The number of hydrogen-bond donors (Lipinski definition) is 3. The average molecular weight is 532 g/mol. The van der Waals surface area contributed by atoms with Gasteiger partial charge in [-0.15, -0.1) is 0 Å². The first-order valence-corrected chi connectivity index (χ1v) is 12.7. The van der Waals surface area contributed by atoms with Gasteiger partial charge in [0, 0.05) is 36.7 Å². The van der Waals surface area contributed by atoms with Gasteiger partial charge in [0.05, 0.1) is 35.7 Å². The van der Waals surface area contributed by atoms with E-state index in [9.17, 15) is 9.18 Å². The predicted octanol–water partition coefficient (Wildman–Crippen LogP) is 4.26. The number of benzene rings is 1. The van der Waals surface area contributed by atoms with E-state index >= 15 is 0 Å². The van der Waals surface area contributed by atoms with Gasteiger partial charge in [-0.05, 0) is 62.7 Å². The molecule has 10 nitrogen and oxygen atoms in total. The van der Waals surface area contributed by atoms with Crippen LogP contribution in [-0.2, 0) is 20.8 Å². The molecular formula is C28H30FN7O3. The molecule has 3 N–H and O–H groups in total. The fraction of sp³-hybridized carbons (Fsp3) is 0.321. The summed E-state index contributed by atoms with van der Waals surface area (Å²) < 4.78 is 25.6. The predicted molar refractivity (Wildman–Crippen MR) is 143 cm³/mol. The molecule has 4 heterocycles. The molecule has 0 unspecified atom stereocenters. The average Bonchev–Trinajstić information content (AvgIpc) is 3.39. The summed E-state index contributed by atoms with van der Waals surface area (Å²) in [6, 6.07) is 11.6. The van der Waals surface area contributed by atoms with Crippen LogP contribution in [0.4, 0.5) is 10.3 Å². The van der Waals surface area contributed by atoms with E-state index in [4.69, 9.17) is 14.5 Å². The van der Waals surface area contributed by atoms with Gasteiger partial charge in [0.25, 0.3) is 0 Å². The number of aromatic amines is 1. The van der Waals surface area contributed by atoms with Gasteiger partial charge in [-0.25, -0.2) is 19.3 Å². The number of hydrogen-bond acceptors (Lipinski definition) is 8. The van der Waals surface area contributed by atoms with Crippen molar-refractivity contribution in [3.63, 3.8) is 0 Å². The first-order chi connectivity index (χ1) is 18.8. The number of amides is 1. The first-order valence-electron chi connectivity index (χ1n) is 12.7. The summed E-state index contributed by atoms with van der Waals surface area (Å²) >= 11 is 0. The summed E-state index contributed by atoms with van der Waals surface area (Å²) in [5, 5.41) is 6.13.